The van der Waals surface area contributed by atoms with Crippen LogP contribution in [0.3, 0.4) is 0 Å². The molecular formula is C19H26FN3O3. The average Bonchev–Trinajstić information content (AvgIpc) is 3.14. The van der Waals surface area contributed by atoms with Crippen LogP contribution in [0, 0.1) is 17.2 Å². The minimum atomic E-state index is -0.784. The number of rotatable bonds is 5. The van der Waals surface area contributed by atoms with E-state index < -0.39 is 11.4 Å². The summed E-state index contributed by atoms with van der Waals surface area (Å²) < 4.78 is 13.1. The number of benzene rings is 1. The van der Waals surface area contributed by atoms with Gasteiger partial charge in [0.25, 0.3) is 0 Å². The molecule has 2 aliphatic rings. The summed E-state index contributed by atoms with van der Waals surface area (Å²) in [6, 6.07) is 5.93. The second-order valence-electron chi connectivity index (χ2n) is 7.65. The minimum Gasteiger partial charge on any atom is -0.481 e. The number of carboxylic acid groups (broad SMARTS) is 1. The number of carbonyl (C=O) groups is 2. The van der Waals surface area contributed by atoms with Gasteiger partial charge in [-0.15, -0.1) is 0 Å². The van der Waals surface area contributed by atoms with E-state index >= 15 is 0 Å². The predicted octanol–water partition coefficient (Wildman–Crippen LogP) is 2.32. The van der Waals surface area contributed by atoms with Crippen LogP contribution < -0.4 is 5.32 Å². The molecule has 1 saturated carbocycles. The molecule has 3 rings (SSSR count). The number of aliphatic carboxylic acids is 1. The Bertz CT molecular complexity index is 679. The van der Waals surface area contributed by atoms with Crippen LogP contribution in [0.25, 0.3) is 0 Å². The number of hydrogen-bond acceptors (Lipinski definition) is 3. The molecule has 6 nitrogen and oxygen atoms in total. The maximum Gasteiger partial charge on any atom is 0.317 e. The highest BCUT2D eigenvalue weighted by Crippen LogP contribution is 2.48. The molecule has 1 heterocycles. The third kappa shape index (κ3) is 3.40. The number of hydrogen-bond donors (Lipinski definition) is 2. The molecule has 26 heavy (non-hydrogen) atoms. The van der Waals surface area contributed by atoms with Crippen LogP contribution in [0.2, 0.25) is 0 Å². The smallest absolute Gasteiger partial charge is 0.317 e. The number of carbonyl (C=O) groups excluding carboxylic acids is 1. The van der Waals surface area contributed by atoms with Gasteiger partial charge in [-0.25, -0.2) is 9.18 Å². The van der Waals surface area contributed by atoms with Gasteiger partial charge in [-0.05, 0) is 50.6 Å². The molecule has 0 bridgehead atoms. The van der Waals surface area contributed by atoms with Crippen LogP contribution in [0.5, 0.6) is 0 Å². The second kappa shape index (κ2) is 7.23. The van der Waals surface area contributed by atoms with Gasteiger partial charge in [-0.2, -0.15) is 0 Å². The molecule has 0 spiro atoms. The number of halogens is 1. The molecule has 1 aromatic carbocycles. The lowest BCUT2D eigenvalue weighted by atomic mass is 9.81. The van der Waals surface area contributed by atoms with Gasteiger partial charge in [-0.1, -0.05) is 18.6 Å². The molecule has 142 valence electrons. The summed E-state index contributed by atoms with van der Waals surface area (Å²) in [5.41, 5.74) is 0.145. The largest absolute Gasteiger partial charge is 0.481 e. The Morgan fingerprint density at radius 2 is 2.08 bits per heavy atom. The van der Waals surface area contributed by atoms with Crippen LogP contribution >= 0.6 is 0 Å². The highest BCUT2D eigenvalue weighted by molar-refractivity contribution is 5.80. The Kier molecular flexibility index (Phi) is 5.18. The lowest BCUT2D eigenvalue weighted by Crippen LogP contribution is -2.44. The highest BCUT2D eigenvalue weighted by Gasteiger charge is 2.55. The summed E-state index contributed by atoms with van der Waals surface area (Å²) in [7, 11) is 3.81. The van der Waals surface area contributed by atoms with Gasteiger partial charge in [0, 0.05) is 19.6 Å². The molecule has 7 heteroatoms. The molecule has 1 aliphatic carbocycles. The van der Waals surface area contributed by atoms with Gasteiger partial charge in [0.15, 0.2) is 0 Å². The predicted molar refractivity (Wildman–Crippen MR) is 95.2 cm³/mol. The van der Waals surface area contributed by atoms with Gasteiger partial charge >= 0.3 is 12.0 Å². The van der Waals surface area contributed by atoms with Crippen molar-refractivity contribution in [2.45, 2.75) is 25.3 Å². The fourth-order valence-electron chi connectivity index (χ4n) is 4.37. The Labute approximate surface area is 153 Å². The van der Waals surface area contributed by atoms with E-state index in [2.05, 4.69) is 5.32 Å². The molecule has 2 amide bonds. The van der Waals surface area contributed by atoms with E-state index in [4.69, 9.17) is 0 Å². The Hall–Kier alpha value is -2.15. The maximum absolute atomic E-state index is 13.1. The number of amides is 2. The fraction of sp³-hybridized carbons (Fsp3) is 0.579. The molecule has 0 radical (unpaired) electrons. The Morgan fingerprint density at radius 3 is 2.65 bits per heavy atom. The van der Waals surface area contributed by atoms with Gasteiger partial charge in [-0.3, -0.25) is 4.79 Å². The molecule has 2 fully saturated rings. The van der Waals surface area contributed by atoms with Crippen molar-refractivity contribution in [1.29, 1.82) is 0 Å². The van der Waals surface area contributed by atoms with Crippen LogP contribution in [-0.2, 0) is 4.79 Å². The lowest BCUT2D eigenvalue weighted by molar-refractivity contribution is -0.149. The normalized spacial score (nSPS) is 26.0. The first kappa shape index (κ1) is 18.6. The Morgan fingerprint density at radius 1 is 1.38 bits per heavy atom. The maximum atomic E-state index is 13.1. The first-order valence-corrected chi connectivity index (χ1v) is 9.01. The Balaban J connectivity index is 1.63. The number of nitrogens with zero attached hydrogens (tertiary/aromatic N) is 2. The number of likely N-dealkylation sites (tertiary alicyclic amines) is 1. The molecular weight excluding hydrogens is 337 g/mol. The van der Waals surface area contributed by atoms with E-state index in [0.29, 0.717) is 19.5 Å². The van der Waals surface area contributed by atoms with Gasteiger partial charge < -0.3 is 20.2 Å². The minimum absolute atomic E-state index is 0.0486. The first-order valence-electron chi connectivity index (χ1n) is 9.01. The van der Waals surface area contributed by atoms with E-state index in [0.717, 1.165) is 18.4 Å². The van der Waals surface area contributed by atoms with Crippen molar-refractivity contribution in [1.82, 2.24) is 15.1 Å². The summed E-state index contributed by atoms with van der Waals surface area (Å²) in [4.78, 5) is 27.9. The third-order valence-corrected chi connectivity index (χ3v) is 5.91. The van der Waals surface area contributed by atoms with E-state index in [1.54, 1.807) is 17.0 Å². The number of nitrogens with one attached hydrogen (secondary N) is 1. The van der Waals surface area contributed by atoms with Crippen LogP contribution in [0.4, 0.5) is 9.18 Å². The SMILES string of the molecule is CN(C)C(CNC(=O)N1C[C@@H]2CCC[C@@]2(C(=O)O)C1)c1ccc(F)cc1. The zero-order chi connectivity index (χ0) is 18.9. The number of likely N-dealkylation sites (N-methyl/N-ethyl adjacent to an activating group) is 1. The molecule has 2 N–H and O–H groups in total. The van der Waals surface area contributed by atoms with Crippen molar-refractivity contribution >= 4 is 12.0 Å². The third-order valence-electron chi connectivity index (χ3n) is 5.91. The average molecular weight is 363 g/mol. The van der Waals surface area contributed by atoms with Crippen molar-refractivity contribution in [2.24, 2.45) is 11.3 Å². The summed E-state index contributed by atoms with van der Waals surface area (Å²) in [5.74, 6) is -1.03. The zero-order valence-corrected chi connectivity index (χ0v) is 15.2. The highest BCUT2D eigenvalue weighted by atomic mass is 19.1. The zero-order valence-electron chi connectivity index (χ0n) is 15.2. The number of carboxylic acids is 1. The quantitative estimate of drug-likeness (QED) is 0.842. The van der Waals surface area contributed by atoms with E-state index in [1.165, 1.54) is 12.1 Å². The van der Waals surface area contributed by atoms with Crippen molar-refractivity contribution in [3.05, 3.63) is 35.6 Å². The van der Waals surface area contributed by atoms with Crippen LogP contribution in [-0.4, -0.2) is 60.6 Å². The summed E-state index contributed by atoms with van der Waals surface area (Å²) in [6.45, 7) is 1.15. The van der Waals surface area contributed by atoms with Crippen LogP contribution in [0.15, 0.2) is 24.3 Å². The van der Waals surface area contributed by atoms with Gasteiger partial charge in [0.05, 0.1) is 11.5 Å². The van der Waals surface area contributed by atoms with Gasteiger partial charge in [0.1, 0.15) is 5.82 Å². The van der Waals surface area contributed by atoms with E-state index in [1.807, 2.05) is 19.0 Å². The van der Waals surface area contributed by atoms with E-state index in [9.17, 15) is 19.1 Å². The van der Waals surface area contributed by atoms with Gasteiger partial charge in [0.2, 0.25) is 0 Å². The lowest BCUT2D eigenvalue weighted by Gasteiger charge is -2.27. The van der Waals surface area contributed by atoms with Crippen molar-refractivity contribution in [2.75, 3.05) is 33.7 Å². The summed E-state index contributed by atoms with van der Waals surface area (Å²) in [6.07, 6.45) is 2.43. The molecule has 1 unspecified atom stereocenters. The van der Waals surface area contributed by atoms with E-state index in [-0.39, 0.29) is 30.4 Å². The van der Waals surface area contributed by atoms with Crippen molar-refractivity contribution in [3.8, 4) is 0 Å². The molecule has 0 aromatic heterocycles. The number of urea groups is 1. The number of fused-ring (bicyclic) bond motifs is 1. The molecule has 1 saturated heterocycles. The summed E-state index contributed by atoms with van der Waals surface area (Å²) >= 11 is 0. The summed E-state index contributed by atoms with van der Waals surface area (Å²) in [5, 5.41) is 12.6. The van der Waals surface area contributed by atoms with Crippen molar-refractivity contribution in [3.63, 3.8) is 0 Å². The first-order chi connectivity index (χ1) is 12.3. The van der Waals surface area contributed by atoms with Crippen molar-refractivity contribution < 1.29 is 19.1 Å². The standard InChI is InChI=1S/C19H26FN3O3/c1-22(2)16(13-5-7-15(20)8-6-13)10-21-18(26)23-11-14-4-3-9-19(14,12-23)17(24)25/h5-8,14,16H,3-4,9-12H2,1-2H3,(H,21,26)(H,24,25)/t14-,16?,19+/m0/s1. The van der Waals surface area contributed by atoms with Crippen LogP contribution in [0.1, 0.15) is 30.9 Å². The molecule has 3 atom stereocenters. The molecule has 1 aromatic rings. The second-order valence-corrected chi connectivity index (χ2v) is 7.65. The fourth-order valence-corrected chi connectivity index (χ4v) is 4.37. The monoisotopic (exact) mass is 363 g/mol. The molecule has 1 aliphatic heterocycles. The topological polar surface area (TPSA) is 72.9 Å².